The standard InChI is InChI=1S/C12H11BrFN3O/c13-9-2-1-7-10-8(15-11(7)16-9)3-5-17(6-4-14)12(10)18/h1-2H,3-6H2,(H,15,16). The van der Waals surface area contributed by atoms with Crippen LogP contribution in [0.5, 0.6) is 0 Å². The molecular weight excluding hydrogens is 301 g/mol. The van der Waals surface area contributed by atoms with E-state index in [0.717, 1.165) is 22.1 Å². The predicted molar refractivity (Wildman–Crippen MR) is 69.4 cm³/mol. The number of fused-ring (bicyclic) bond motifs is 3. The highest BCUT2D eigenvalue weighted by molar-refractivity contribution is 9.10. The second-order valence-corrected chi connectivity index (χ2v) is 5.05. The normalized spacial score (nSPS) is 15.2. The zero-order chi connectivity index (χ0) is 12.7. The highest BCUT2D eigenvalue weighted by atomic mass is 79.9. The Labute approximate surface area is 111 Å². The summed E-state index contributed by atoms with van der Waals surface area (Å²) in [6, 6.07) is 3.66. The third-order valence-electron chi connectivity index (χ3n) is 3.19. The molecule has 6 heteroatoms. The number of nitrogens with zero attached hydrogens (tertiary/aromatic N) is 2. The molecule has 0 fully saturated rings. The fraction of sp³-hybridized carbons (Fsp3) is 0.333. The molecule has 2 aromatic heterocycles. The van der Waals surface area contributed by atoms with Crippen LogP contribution in [0.2, 0.25) is 0 Å². The Kier molecular flexibility index (Phi) is 2.81. The summed E-state index contributed by atoms with van der Waals surface area (Å²) in [6.07, 6.45) is 0.717. The average Bonchev–Trinajstić information content (AvgIpc) is 2.71. The minimum Gasteiger partial charge on any atom is -0.342 e. The second kappa shape index (κ2) is 4.35. The lowest BCUT2D eigenvalue weighted by Gasteiger charge is -2.25. The Balaban J connectivity index is 2.13. The van der Waals surface area contributed by atoms with Gasteiger partial charge in [-0.2, -0.15) is 0 Å². The summed E-state index contributed by atoms with van der Waals surface area (Å²) < 4.78 is 13.1. The summed E-state index contributed by atoms with van der Waals surface area (Å²) in [5.74, 6) is -0.107. The number of carbonyl (C=O) groups excluding carboxylic acids is 1. The zero-order valence-corrected chi connectivity index (χ0v) is 11.1. The van der Waals surface area contributed by atoms with Crippen LogP contribution in [0.15, 0.2) is 16.7 Å². The number of rotatable bonds is 2. The van der Waals surface area contributed by atoms with Crippen LogP contribution in [0.1, 0.15) is 16.1 Å². The van der Waals surface area contributed by atoms with E-state index in [2.05, 4.69) is 25.9 Å². The number of aromatic amines is 1. The van der Waals surface area contributed by atoms with Crippen molar-refractivity contribution in [2.45, 2.75) is 6.42 Å². The van der Waals surface area contributed by atoms with Crippen molar-refractivity contribution in [3.05, 3.63) is 28.0 Å². The lowest BCUT2D eigenvalue weighted by molar-refractivity contribution is 0.0730. The predicted octanol–water partition coefficient (Wildman–Crippen LogP) is 2.29. The third kappa shape index (κ3) is 1.71. The van der Waals surface area contributed by atoms with Crippen molar-refractivity contribution < 1.29 is 9.18 Å². The molecule has 4 nitrogen and oxygen atoms in total. The van der Waals surface area contributed by atoms with Crippen LogP contribution in [-0.2, 0) is 6.42 Å². The summed E-state index contributed by atoms with van der Waals surface area (Å²) in [4.78, 5) is 21.3. The van der Waals surface area contributed by atoms with Crippen molar-refractivity contribution in [3.8, 4) is 0 Å². The number of hydrogen-bond acceptors (Lipinski definition) is 2. The van der Waals surface area contributed by atoms with E-state index in [1.165, 1.54) is 0 Å². The summed E-state index contributed by atoms with van der Waals surface area (Å²) in [5, 5.41) is 0.807. The molecule has 0 saturated heterocycles. The Morgan fingerprint density at radius 1 is 1.50 bits per heavy atom. The number of nitrogens with one attached hydrogen (secondary N) is 1. The van der Waals surface area contributed by atoms with Crippen molar-refractivity contribution >= 4 is 32.9 Å². The monoisotopic (exact) mass is 311 g/mol. The quantitative estimate of drug-likeness (QED) is 0.865. The molecule has 0 saturated carbocycles. The molecule has 0 aliphatic carbocycles. The van der Waals surface area contributed by atoms with Gasteiger partial charge >= 0.3 is 0 Å². The summed E-state index contributed by atoms with van der Waals surface area (Å²) in [6.45, 7) is 0.214. The SMILES string of the molecule is O=C1c2c([nH]c3nc(Br)ccc23)CCN1CCF. The van der Waals surface area contributed by atoms with Gasteiger partial charge in [-0.25, -0.2) is 9.37 Å². The van der Waals surface area contributed by atoms with E-state index in [9.17, 15) is 9.18 Å². The molecule has 0 bridgehead atoms. The first-order chi connectivity index (χ1) is 8.70. The van der Waals surface area contributed by atoms with Crippen molar-refractivity contribution in [2.24, 2.45) is 0 Å². The fourth-order valence-electron chi connectivity index (χ4n) is 2.35. The van der Waals surface area contributed by atoms with Crippen molar-refractivity contribution in [1.29, 1.82) is 0 Å². The molecule has 94 valence electrons. The van der Waals surface area contributed by atoms with Crippen LogP contribution in [0.3, 0.4) is 0 Å². The van der Waals surface area contributed by atoms with Gasteiger partial charge in [0.25, 0.3) is 5.91 Å². The summed E-state index contributed by atoms with van der Waals surface area (Å²) >= 11 is 3.30. The minimum absolute atomic E-state index is 0.107. The number of amides is 1. The number of pyridine rings is 1. The van der Waals surface area contributed by atoms with Gasteiger partial charge in [0.05, 0.1) is 5.56 Å². The molecule has 0 radical (unpaired) electrons. The summed E-state index contributed by atoms with van der Waals surface area (Å²) in [7, 11) is 0. The number of H-pyrrole nitrogens is 1. The van der Waals surface area contributed by atoms with E-state index in [0.29, 0.717) is 17.8 Å². The fourth-order valence-corrected chi connectivity index (χ4v) is 2.66. The summed E-state index contributed by atoms with van der Waals surface area (Å²) in [5.41, 5.74) is 2.24. The molecule has 0 spiro atoms. The lowest BCUT2D eigenvalue weighted by atomic mass is 10.0. The second-order valence-electron chi connectivity index (χ2n) is 4.24. The Morgan fingerprint density at radius 3 is 3.11 bits per heavy atom. The number of carbonyl (C=O) groups is 1. The van der Waals surface area contributed by atoms with Gasteiger partial charge in [-0.1, -0.05) is 0 Å². The molecule has 0 aromatic carbocycles. The van der Waals surface area contributed by atoms with E-state index in [-0.39, 0.29) is 12.5 Å². The molecule has 2 aromatic rings. The molecule has 0 unspecified atom stereocenters. The van der Waals surface area contributed by atoms with Gasteiger partial charge < -0.3 is 9.88 Å². The smallest absolute Gasteiger partial charge is 0.256 e. The Hall–Kier alpha value is -1.43. The third-order valence-corrected chi connectivity index (χ3v) is 3.63. The first-order valence-electron chi connectivity index (χ1n) is 5.73. The largest absolute Gasteiger partial charge is 0.342 e. The van der Waals surface area contributed by atoms with Crippen molar-refractivity contribution in [3.63, 3.8) is 0 Å². The van der Waals surface area contributed by atoms with Crippen LogP contribution in [-0.4, -0.2) is 40.5 Å². The molecule has 0 atom stereocenters. The highest BCUT2D eigenvalue weighted by Gasteiger charge is 2.28. The van der Waals surface area contributed by atoms with Crippen LogP contribution in [0.4, 0.5) is 4.39 Å². The van der Waals surface area contributed by atoms with Crippen LogP contribution in [0.25, 0.3) is 11.0 Å². The molecule has 3 rings (SSSR count). The maximum absolute atomic E-state index is 12.4. The molecule has 1 aliphatic heterocycles. The van der Waals surface area contributed by atoms with Crippen LogP contribution >= 0.6 is 15.9 Å². The van der Waals surface area contributed by atoms with Gasteiger partial charge in [-0.05, 0) is 28.1 Å². The lowest BCUT2D eigenvalue weighted by Crippen LogP contribution is -2.38. The number of hydrogen-bond donors (Lipinski definition) is 1. The van der Waals surface area contributed by atoms with Gasteiger partial charge in [-0.15, -0.1) is 0 Å². The zero-order valence-electron chi connectivity index (χ0n) is 9.54. The average molecular weight is 312 g/mol. The molecule has 1 amide bonds. The van der Waals surface area contributed by atoms with Crippen molar-refractivity contribution in [2.75, 3.05) is 19.8 Å². The van der Waals surface area contributed by atoms with Gasteiger partial charge in [0.2, 0.25) is 0 Å². The number of aromatic nitrogens is 2. The Bertz CT molecular complexity index is 625. The highest BCUT2D eigenvalue weighted by Crippen LogP contribution is 2.27. The molecular formula is C12H11BrFN3O. The van der Waals surface area contributed by atoms with Gasteiger partial charge in [0, 0.05) is 30.6 Å². The van der Waals surface area contributed by atoms with Crippen LogP contribution < -0.4 is 0 Å². The maximum Gasteiger partial charge on any atom is 0.256 e. The maximum atomic E-state index is 12.4. The van der Waals surface area contributed by atoms with Gasteiger partial charge in [0.1, 0.15) is 16.9 Å². The molecule has 3 heterocycles. The number of alkyl halides is 1. The van der Waals surface area contributed by atoms with Gasteiger partial charge in [-0.3, -0.25) is 4.79 Å². The number of halogens is 2. The van der Waals surface area contributed by atoms with E-state index in [1.807, 2.05) is 6.07 Å². The van der Waals surface area contributed by atoms with E-state index < -0.39 is 6.67 Å². The first kappa shape index (κ1) is 11.6. The minimum atomic E-state index is -0.507. The van der Waals surface area contributed by atoms with E-state index in [1.54, 1.807) is 11.0 Å². The Morgan fingerprint density at radius 2 is 2.33 bits per heavy atom. The topological polar surface area (TPSA) is 49.0 Å². The van der Waals surface area contributed by atoms with E-state index in [4.69, 9.17) is 0 Å². The van der Waals surface area contributed by atoms with Gasteiger partial charge in [0.15, 0.2) is 0 Å². The molecule has 18 heavy (non-hydrogen) atoms. The molecule has 1 aliphatic rings. The molecule has 1 N–H and O–H groups in total. The van der Waals surface area contributed by atoms with Crippen molar-refractivity contribution in [1.82, 2.24) is 14.9 Å². The first-order valence-corrected chi connectivity index (χ1v) is 6.52. The van der Waals surface area contributed by atoms with Crippen LogP contribution in [0, 0.1) is 0 Å². The van der Waals surface area contributed by atoms with E-state index >= 15 is 0 Å².